The molecule has 3 nitrogen and oxygen atoms in total. The molecule has 0 fully saturated rings. The lowest BCUT2D eigenvalue weighted by Gasteiger charge is -2.11. The molecule has 0 saturated heterocycles. The molecule has 2 N–H and O–H groups in total. The fourth-order valence-electron chi connectivity index (χ4n) is 1.18. The summed E-state index contributed by atoms with van der Waals surface area (Å²) in [5.74, 6) is -0.899. The van der Waals surface area contributed by atoms with E-state index in [1.165, 1.54) is 11.8 Å². The molecule has 0 aromatic carbocycles. The van der Waals surface area contributed by atoms with E-state index in [0.717, 1.165) is 18.4 Å². The molecule has 0 radical (unpaired) electrons. The Bertz CT molecular complexity index is 287. The summed E-state index contributed by atoms with van der Waals surface area (Å²) in [5, 5.41) is 11.5. The molecule has 70 valence electrons. The maximum atomic E-state index is 10.2. The van der Waals surface area contributed by atoms with Gasteiger partial charge in [0.2, 0.25) is 0 Å². The Labute approximate surface area is 77.5 Å². The number of rotatable bonds is 3. The number of carboxylic acids is 1. The number of carboxylic acid groups (broad SMARTS) is 1. The van der Waals surface area contributed by atoms with Crippen molar-refractivity contribution in [3.05, 3.63) is 35.6 Å². The van der Waals surface area contributed by atoms with E-state index in [-0.39, 0.29) is 0 Å². The van der Waals surface area contributed by atoms with E-state index in [0.29, 0.717) is 0 Å². The van der Waals surface area contributed by atoms with Crippen LogP contribution in [0.25, 0.3) is 0 Å². The van der Waals surface area contributed by atoms with Crippen LogP contribution in [0.5, 0.6) is 0 Å². The Kier molecular flexibility index (Phi) is 3.31. The van der Waals surface area contributed by atoms with Gasteiger partial charge in [-0.15, -0.1) is 0 Å². The van der Waals surface area contributed by atoms with Crippen molar-refractivity contribution in [3.8, 4) is 0 Å². The number of allylic oxidation sites excluding steroid dienone is 5. The van der Waals surface area contributed by atoms with Crippen LogP contribution in [0.15, 0.2) is 35.6 Å². The van der Waals surface area contributed by atoms with Crippen molar-refractivity contribution in [2.45, 2.75) is 12.8 Å². The van der Waals surface area contributed by atoms with Gasteiger partial charge in [-0.1, -0.05) is 12.2 Å². The van der Waals surface area contributed by atoms with Crippen LogP contribution in [0.4, 0.5) is 0 Å². The Morgan fingerprint density at radius 1 is 1.54 bits per heavy atom. The van der Waals surface area contributed by atoms with Crippen LogP contribution in [-0.2, 0) is 4.79 Å². The smallest absolute Gasteiger partial charge is 0.328 e. The maximum Gasteiger partial charge on any atom is 0.328 e. The van der Waals surface area contributed by atoms with Gasteiger partial charge in [0.25, 0.3) is 0 Å². The van der Waals surface area contributed by atoms with E-state index in [9.17, 15) is 4.79 Å². The molecule has 0 amide bonds. The van der Waals surface area contributed by atoms with Crippen molar-refractivity contribution >= 4 is 5.97 Å². The normalized spacial score (nSPS) is 16.7. The molecule has 0 heterocycles. The average Bonchev–Trinajstić information content (AvgIpc) is 2.15. The quantitative estimate of drug-likeness (QED) is 0.645. The molecule has 0 atom stereocenters. The second-order valence-corrected chi connectivity index (χ2v) is 2.86. The highest BCUT2D eigenvalue weighted by atomic mass is 16.4. The summed E-state index contributed by atoms with van der Waals surface area (Å²) in [4.78, 5) is 10.2. The fraction of sp³-hybridized carbons (Fsp3) is 0.300. The third-order valence-corrected chi connectivity index (χ3v) is 1.94. The van der Waals surface area contributed by atoms with E-state index < -0.39 is 5.97 Å². The maximum absolute atomic E-state index is 10.2. The van der Waals surface area contributed by atoms with Gasteiger partial charge < -0.3 is 10.4 Å². The first-order valence-electron chi connectivity index (χ1n) is 4.21. The molecule has 1 aliphatic rings. The summed E-state index contributed by atoms with van der Waals surface area (Å²) in [6, 6.07) is 0. The highest BCUT2D eigenvalue weighted by Crippen LogP contribution is 2.16. The second-order valence-electron chi connectivity index (χ2n) is 2.86. The summed E-state index contributed by atoms with van der Waals surface area (Å²) in [6.45, 7) is 0. The van der Waals surface area contributed by atoms with E-state index in [4.69, 9.17) is 5.11 Å². The van der Waals surface area contributed by atoms with Crippen LogP contribution in [0.3, 0.4) is 0 Å². The van der Waals surface area contributed by atoms with E-state index >= 15 is 0 Å². The summed E-state index contributed by atoms with van der Waals surface area (Å²) in [5.41, 5.74) is 2.24. The van der Waals surface area contributed by atoms with Gasteiger partial charge >= 0.3 is 5.97 Å². The summed E-state index contributed by atoms with van der Waals surface area (Å²) in [7, 11) is 1.89. The summed E-state index contributed by atoms with van der Waals surface area (Å²) < 4.78 is 0. The van der Waals surface area contributed by atoms with E-state index in [1.54, 1.807) is 6.08 Å². The van der Waals surface area contributed by atoms with Gasteiger partial charge in [0, 0.05) is 18.8 Å². The van der Waals surface area contributed by atoms with Gasteiger partial charge in [0.05, 0.1) is 0 Å². The molecule has 0 aromatic rings. The lowest BCUT2D eigenvalue weighted by atomic mass is 10.0. The van der Waals surface area contributed by atoms with Gasteiger partial charge in [-0.2, -0.15) is 0 Å². The molecule has 0 bridgehead atoms. The molecule has 13 heavy (non-hydrogen) atoms. The molecule has 0 aromatic heterocycles. The first-order valence-corrected chi connectivity index (χ1v) is 4.21. The molecule has 0 aliphatic heterocycles. The van der Waals surface area contributed by atoms with Crippen molar-refractivity contribution in [1.29, 1.82) is 0 Å². The van der Waals surface area contributed by atoms with Crippen molar-refractivity contribution < 1.29 is 9.90 Å². The Morgan fingerprint density at radius 2 is 2.31 bits per heavy atom. The minimum absolute atomic E-state index is 0.899. The topological polar surface area (TPSA) is 49.3 Å². The SMILES string of the molecule is CNC1=CC=C(/C=C/C(=O)O)CC1. The lowest BCUT2D eigenvalue weighted by Crippen LogP contribution is -2.07. The van der Waals surface area contributed by atoms with Crippen LogP contribution in [0.2, 0.25) is 0 Å². The van der Waals surface area contributed by atoms with Crippen LogP contribution >= 0.6 is 0 Å². The Balaban J connectivity index is 2.60. The van der Waals surface area contributed by atoms with Gasteiger partial charge in [-0.3, -0.25) is 0 Å². The molecule has 1 rings (SSSR count). The number of carbonyl (C=O) groups is 1. The van der Waals surface area contributed by atoms with Crippen molar-refractivity contribution in [2.24, 2.45) is 0 Å². The van der Waals surface area contributed by atoms with Gasteiger partial charge in [0.15, 0.2) is 0 Å². The number of aliphatic carboxylic acids is 1. The van der Waals surface area contributed by atoms with E-state index in [2.05, 4.69) is 5.32 Å². The molecule has 0 saturated carbocycles. The van der Waals surface area contributed by atoms with Crippen LogP contribution in [0.1, 0.15) is 12.8 Å². The Hall–Kier alpha value is -1.51. The van der Waals surface area contributed by atoms with Crippen LogP contribution < -0.4 is 5.32 Å². The molecule has 0 spiro atoms. The van der Waals surface area contributed by atoms with Crippen molar-refractivity contribution in [2.75, 3.05) is 7.05 Å². The summed E-state index contributed by atoms with van der Waals surface area (Å²) >= 11 is 0. The fourth-order valence-corrected chi connectivity index (χ4v) is 1.18. The minimum atomic E-state index is -0.899. The monoisotopic (exact) mass is 179 g/mol. The summed E-state index contributed by atoms with van der Waals surface area (Å²) in [6.07, 6.45) is 8.58. The average molecular weight is 179 g/mol. The first-order chi connectivity index (χ1) is 6.22. The van der Waals surface area contributed by atoms with Gasteiger partial charge in [-0.25, -0.2) is 4.79 Å². The van der Waals surface area contributed by atoms with Gasteiger partial charge in [-0.05, 0) is 24.5 Å². The van der Waals surface area contributed by atoms with Crippen LogP contribution in [-0.4, -0.2) is 18.1 Å². The number of hydrogen-bond donors (Lipinski definition) is 2. The molecule has 1 aliphatic carbocycles. The molecular weight excluding hydrogens is 166 g/mol. The zero-order chi connectivity index (χ0) is 9.68. The predicted molar refractivity (Wildman–Crippen MR) is 51.2 cm³/mol. The minimum Gasteiger partial charge on any atom is -0.478 e. The highest BCUT2D eigenvalue weighted by Gasteiger charge is 2.02. The Morgan fingerprint density at radius 3 is 2.77 bits per heavy atom. The first kappa shape index (κ1) is 9.58. The zero-order valence-electron chi connectivity index (χ0n) is 7.58. The van der Waals surface area contributed by atoms with E-state index in [1.807, 2.05) is 19.2 Å². The van der Waals surface area contributed by atoms with Crippen LogP contribution in [0, 0.1) is 0 Å². The number of hydrogen-bond acceptors (Lipinski definition) is 2. The van der Waals surface area contributed by atoms with Crippen molar-refractivity contribution in [3.63, 3.8) is 0 Å². The van der Waals surface area contributed by atoms with Gasteiger partial charge in [0.1, 0.15) is 0 Å². The molecular formula is C10H13NO2. The standard InChI is InChI=1S/C10H13NO2/c1-11-9-5-2-8(3-6-9)4-7-10(12)13/h2,4-5,7,11H,3,6H2,1H3,(H,12,13)/b7-4+. The highest BCUT2D eigenvalue weighted by molar-refractivity contribution is 5.80. The molecule has 0 unspecified atom stereocenters. The zero-order valence-corrected chi connectivity index (χ0v) is 7.58. The lowest BCUT2D eigenvalue weighted by molar-refractivity contribution is -0.131. The van der Waals surface area contributed by atoms with Crippen molar-refractivity contribution in [1.82, 2.24) is 5.32 Å². The molecule has 3 heteroatoms. The second kappa shape index (κ2) is 4.50. The largest absolute Gasteiger partial charge is 0.478 e. The number of nitrogens with one attached hydrogen (secondary N) is 1. The third-order valence-electron chi connectivity index (χ3n) is 1.94. The third kappa shape index (κ3) is 3.15. The predicted octanol–water partition coefficient (Wildman–Crippen LogP) is 1.45.